The molecule has 2 aromatic rings. The Bertz CT molecular complexity index is 677. The lowest BCUT2D eigenvalue weighted by Crippen LogP contribution is -2.20. The normalized spacial score (nSPS) is 26.3. The molecule has 0 spiro atoms. The van der Waals surface area contributed by atoms with Crippen LogP contribution >= 0.6 is 0 Å². The summed E-state index contributed by atoms with van der Waals surface area (Å²) in [4.78, 5) is 0. The first-order valence-electron chi connectivity index (χ1n) is 7.73. The predicted octanol–water partition coefficient (Wildman–Crippen LogP) is 3.59. The van der Waals surface area contributed by atoms with Crippen LogP contribution < -0.4 is 4.74 Å². The Morgan fingerprint density at radius 1 is 1.10 bits per heavy atom. The van der Waals surface area contributed by atoms with Gasteiger partial charge in [-0.2, -0.15) is 0 Å². The van der Waals surface area contributed by atoms with Gasteiger partial charge in [0.15, 0.2) is 0 Å². The summed E-state index contributed by atoms with van der Waals surface area (Å²) in [6.45, 7) is 2.12. The maximum Gasteiger partial charge on any atom is 0.123 e. The standard InChI is InChI=1S/C19H20O2/c1-12-6-7-18-14(8-12)10-16(21-18)11-15-9-13-4-2-3-5-17(13)19(15)20/h2-8,15-16,19-20H,9-11H2,1H3. The van der Waals surface area contributed by atoms with E-state index in [1.165, 1.54) is 16.7 Å². The van der Waals surface area contributed by atoms with Crippen molar-refractivity contribution in [2.45, 2.75) is 38.4 Å². The third-order valence-corrected chi connectivity index (χ3v) is 4.83. The topological polar surface area (TPSA) is 29.5 Å². The molecule has 0 saturated heterocycles. The zero-order valence-electron chi connectivity index (χ0n) is 12.3. The average Bonchev–Trinajstić information content (AvgIpc) is 3.01. The van der Waals surface area contributed by atoms with Crippen molar-refractivity contribution in [1.82, 2.24) is 0 Å². The largest absolute Gasteiger partial charge is 0.490 e. The molecule has 2 nitrogen and oxygen atoms in total. The molecule has 3 unspecified atom stereocenters. The molecule has 0 aromatic heterocycles. The van der Waals surface area contributed by atoms with E-state index < -0.39 is 0 Å². The molecule has 2 heteroatoms. The van der Waals surface area contributed by atoms with E-state index in [0.29, 0.717) is 0 Å². The zero-order chi connectivity index (χ0) is 14.4. The van der Waals surface area contributed by atoms with Crippen molar-refractivity contribution in [3.8, 4) is 5.75 Å². The molecule has 1 aliphatic heterocycles. The van der Waals surface area contributed by atoms with E-state index >= 15 is 0 Å². The predicted molar refractivity (Wildman–Crippen MR) is 82.5 cm³/mol. The highest BCUT2D eigenvalue weighted by Gasteiger charge is 2.34. The van der Waals surface area contributed by atoms with Crippen LogP contribution in [0.1, 0.15) is 34.8 Å². The maximum absolute atomic E-state index is 10.5. The molecule has 1 N–H and O–H groups in total. The number of rotatable bonds is 2. The molecule has 1 heterocycles. The summed E-state index contributed by atoms with van der Waals surface area (Å²) < 4.78 is 6.06. The second-order valence-corrected chi connectivity index (χ2v) is 6.40. The molecule has 0 saturated carbocycles. The highest BCUT2D eigenvalue weighted by atomic mass is 16.5. The summed E-state index contributed by atoms with van der Waals surface area (Å²) in [5, 5.41) is 10.5. The Hall–Kier alpha value is -1.80. The van der Waals surface area contributed by atoms with Crippen LogP contribution in [0.25, 0.3) is 0 Å². The van der Waals surface area contributed by atoms with Crippen LogP contribution in [0.4, 0.5) is 0 Å². The minimum atomic E-state index is -0.338. The molecule has 108 valence electrons. The van der Waals surface area contributed by atoms with Crippen molar-refractivity contribution in [3.63, 3.8) is 0 Å². The minimum absolute atomic E-state index is 0.204. The third kappa shape index (κ3) is 2.24. The van der Waals surface area contributed by atoms with Gasteiger partial charge in [0, 0.05) is 6.42 Å². The molecule has 3 atom stereocenters. The van der Waals surface area contributed by atoms with Crippen molar-refractivity contribution in [3.05, 3.63) is 64.7 Å². The molecule has 0 amide bonds. The molecule has 0 bridgehead atoms. The van der Waals surface area contributed by atoms with Crippen LogP contribution in [-0.2, 0) is 12.8 Å². The lowest BCUT2D eigenvalue weighted by Gasteiger charge is -2.19. The number of hydrogen-bond acceptors (Lipinski definition) is 2. The zero-order valence-corrected chi connectivity index (χ0v) is 12.3. The fourth-order valence-corrected chi connectivity index (χ4v) is 3.79. The number of fused-ring (bicyclic) bond motifs is 2. The molecular weight excluding hydrogens is 260 g/mol. The molecule has 0 radical (unpaired) electrons. The van der Waals surface area contributed by atoms with Gasteiger partial charge >= 0.3 is 0 Å². The van der Waals surface area contributed by atoms with E-state index in [4.69, 9.17) is 4.74 Å². The van der Waals surface area contributed by atoms with Crippen LogP contribution in [-0.4, -0.2) is 11.2 Å². The van der Waals surface area contributed by atoms with Crippen LogP contribution in [0.2, 0.25) is 0 Å². The van der Waals surface area contributed by atoms with E-state index in [2.05, 4.69) is 37.3 Å². The van der Waals surface area contributed by atoms with Gasteiger partial charge in [-0.25, -0.2) is 0 Å². The highest BCUT2D eigenvalue weighted by Crippen LogP contribution is 2.41. The van der Waals surface area contributed by atoms with E-state index in [0.717, 1.165) is 30.6 Å². The Morgan fingerprint density at radius 2 is 1.95 bits per heavy atom. The fraction of sp³-hybridized carbons (Fsp3) is 0.368. The summed E-state index contributed by atoms with van der Waals surface area (Å²) >= 11 is 0. The van der Waals surface area contributed by atoms with Crippen LogP contribution in [0.5, 0.6) is 5.75 Å². The monoisotopic (exact) mass is 280 g/mol. The maximum atomic E-state index is 10.5. The van der Waals surface area contributed by atoms with Gasteiger partial charge < -0.3 is 9.84 Å². The summed E-state index contributed by atoms with van der Waals surface area (Å²) in [5.41, 5.74) is 4.99. The summed E-state index contributed by atoms with van der Waals surface area (Å²) in [6.07, 6.45) is 2.72. The van der Waals surface area contributed by atoms with E-state index in [1.54, 1.807) is 0 Å². The number of ether oxygens (including phenoxy) is 1. The van der Waals surface area contributed by atoms with Gasteiger partial charge in [-0.05, 0) is 48.4 Å². The minimum Gasteiger partial charge on any atom is -0.490 e. The first-order chi connectivity index (χ1) is 10.2. The summed E-state index contributed by atoms with van der Waals surface area (Å²) in [7, 11) is 0. The third-order valence-electron chi connectivity index (χ3n) is 4.83. The first-order valence-corrected chi connectivity index (χ1v) is 7.73. The molecule has 4 rings (SSSR count). The number of hydrogen-bond donors (Lipinski definition) is 1. The second kappa shape index (κ2) is 4.88. The van der Waals surface area contributed by atoms with Gasteiger partial charge in [0.2, 0.25) is 0 Å². The van der Waals surface area contributed by atoms with Gasteiger partial charge in [0.25, 0.3) is 0 Å². The molecule has 1 aliphatic carbocycles. The van der Waals surface area contributed by atoms with Gasteiger partial charge in [0.05, 0.1) is 6.10 Å². The second-order valence-electron chi connectivity index (χ2n) is 6.40. The van der Waals surface area contributed by atoms with Crippen molar-refractivity contribution in [2.75, 3.05) is 0 Å². The lowest BCUT2D eigenvalue weighted by atomic mass is 9.94. The molecule has 0 fully saturated rings. The van der Waals surface area contributed by atoms with Crippen molar-refractivity contribution in [1.29, 1.82) is 0 Å². The van der Waals surface area contributed by atoms with E-state index in [9.17, 15) is 5.11 Å². The number of aliphatic hydroxyl groups is 1. The average molecular weight is 280 g/mol. The van der Waals surface area contributed by atoms with Crippen LogP contribution in [0.15, 0.2) is 42.5 Å². The molecular formula is C19H20O2. The SMILES string of the molecule is Cc1ccc2c(c1)CC(CC1Cc3ccccc3C1O)O2. The van der Waals surface area contributed by atoms with Crippen molar-refractivity contribution in [2.24, 2.45) is 5.92 Å². The smallest absolute Gasteiger partial charge is 0.123 e. The Labute approximate surface area is 125 Å². The van der Waals surface area contributed by atoms with Crippen molar-refractivity contribution >= 4 is 0 Å². The number of benzene rings is 2. The van der Waals surface area contributed by atoms with Crippen LogP contribution in [0.3, 0.4) is 0 Å². The van der Waals surface area contributed by atoms with Crippen LogP contribution in [0, 0.1) is 12.8 Å². The molecule has 21 heavy (non-hydrogen) atoms. The quantitative estimate of drug-likeness (QED) is 0.911. The van der Waals surface area contributed by atoms with E-state index in [1.807, 2.05) is 12.1 Å². The highest BCUT2D eigenvalue weighted by molar-refractivity contribution is 5.40. The number of aliphatic hydroxyl groups excluding tert-OH is 1. The van der Waals surface area contributed by atoms with Gasteiger partial charge in [-0.15, -0.1) is 0 Å². The van der Waals surface area contributed by atoms with Crippen molar-refractivity contribution < 1.29 is 9.84 Å². The Kier molecular flexibility index (Phi) is 3.00. The molecule has 2 aliphatic rings. The number of aryl methyl sites for hydroxylation is 1. The summed E-state index contributed by atoms with van der Waals surface area (Å²) in [5.74, 6) is 1.30. The lowest BCUT2D eigenvalue weighted by molar-refractivity contribution is 0.0881. The fourth-order valence-electron chi connectivity index (χ4n) is 3.79. The first kappa shape index (κ1) is 12.9. The van der Waals surface area contributed by atoms with Gasteiger partial charge in [-0.1, -0.05) is 42.0 Å². The Morgan fingerprint density at radius 3 is 2.81 bits per heavy atom. The van der Waals surface area contributed by atoms with Gasteiger partial charge in [-0.3, -0.25) is 0 Å². The van der Waals surface area contributed by atoms with Gasteiger partial charge in [0.1, 0.15) is 11.9 Å². The van der Waals surface area contributed by atoms with E-state index in [-0.39, 0.29) is 18.1 Å². The summed E-state index contributed by atoms with van der Waals surface area (Å²) in [6, 6.07) is 14.6. The molecule has 2 aromatic carbocycles. The Balaban J connectivity index is 1.48.